The lowest BCUT2D eigenvalue weighted by Crippen LogP contribution is -2.68. The van der Waals surface area contributed by atoms with Gasteiger partial charge in [-0.1, -0.05) is 19.8 Å². The first kappa shape index (κ1) is 12.9. The molecule has 4 rings (SSSR count). The van der Waals surface area contributed by atoms with Gasteiger partial charge >= 0.3 is 0 Å². The van der Waals surface area contributed by atoms with E-state index in [1.165, 1.54) is 32.1 Å². The minimum atomic E-state index is -0.577. The highest BCUT2D eigenvalue weighted by Crippen LogP contribution is 2.61. The fraction of sp³-hybridized carbons (Fsp3) is 1.00. The minimum absolute atomic E-state index is 0.199. The summed E-state index contributed by atoms with van der Waals surface area (Å²) >= 11 is 0. The van der Waals surface area contributed by atoms with E-state index < -0.39 is 5.60 Å². The number of ether oxygens (including phenoxy) is 1. The average Bonchev–Trinajstić information content (AvgIpc) is 2.31. The van der Waals surface area contributed by atoms with Crippen LogP contribution in [0.4, 0.5) is 0 Å². The number of hydrogen-bond donors (Lipinski definition) is 1. The van der Waals surface area contributed by atoms with Crippen molar-refractivity contribution >= 4 is 0 Å². The molecule has 2 heteroatoms. The average molecular weight is 252 g/mol. The van der Waals surface area contributed by atoms with Gasteiger partial charge in [-0.25, -0.2) is 0 Å². The molecule has 3 unspecified atom stereocenters. The lowest BCUT2D eigenvalue weighted by molar-refractivity contribution is -0.278. The van der Waals surface area contributed by atoms with E-state index in [0.29, 0.717) is 5.92 Å². The van der Waals surface area contributed by atoms with Gasteiger partial charge in [0.2, 0.25) is 0 Å². The van der Waals surface area contributed by atoms with Gasteiger partial charge in [-0.2, -0.15) is 0 Å². The summed E-state index contributed by atoms with van der Waals surface area (Å²) in [5.41, 5.74) is -0.776. The van der Waals surface area contributed by atoms with E-state index in [1.807, 2.05) is 0 Å². The van der Waals surface area contributed by atoms with Crippen molar-refractivity contribution in [2.45, 2.75) is 76.4 Å². The summed E-state index contributed by atoms with van der Waals surface area (Å²) in [6, 6.07) is 0. The van der Waals surface area contributed by atoms with E-state index in [-0.39, 0.29) is 5.60 Å². The zero-order valence-corrected chi connectivity index (χ0v) is 12.0. The standard InChI is InChI=1S/C16H28O2/c1-3-4-5-6-18-16-10-12-7-13(11-16)9-14(8-12)15(16,2)17/h12-14,17H,3-11H2,1-2H3. The molecule has 0 spiro atoms. The highest BCUT2D eigenvalue weighted by molar-refractivity contribution is 5.14. The second kappa shape index (κ2) is 4.49. The zero-order valence-electron chi connectivity index (χ0n) is 12.0. The van der Waals surface area contributed by atoms with Crippen LogP contribution in [-0.2, 0) is 4.74 Å². The van der Waals surface area contributed by atoms with E-state index in [0.717, 1.165) is 37.7 Å². The zero-order chi connectivity index (χ0) is 12.8. The molecule has 4 aliphatic carbocycles. The summed E-state index contributed by atoms with van der Waals surface area (Å²) in [6.45, 7) is 5.12. The van der Waals surface area contributed by atoms with Gasteiger partial charge < -0.3 is 9.84 Å². The molecule has 0 saturated heterocycles. The Hall–Kier alpha value is -0.0800. The van der Waals surface area contributed by atoms with E-state index in [9.17, 15) is 5.11 Å². The summed E-state index contributed by atoms with van der Waals surface area (Å²) in [5, 5.41) is 11.0. The van der Waals surface area contributed by atoms with Gasteiger partial charge in [-0.3, -0.25) is 0 Å². The third-order valence-electron chi connectivity index (χ3n) is 5.98. The first-order valence-electron chi connectivity index (χ1n) is 7.94. The maximum absolute atomic E-state index is 11.0. The van der Waals surface area contributed by atoms with Crippen LogP contribution in [0.1, 0.15) is 65.2 Å². The van der Waals surface area contributed by atoms with Gasteiger partial charge in [0, 0.05) is 6.61 Å². The molecule has 0 aliphatic heterocycles. The van der Waals surface area contributed by atoms with Crippen LogP contribution >= 0.6 is 0 Å². The van der Waals surface area contributed by atoms with Crippen LogP contribution in [0.25, 0.3) is 0 Å². The minimum Gasteiger partial charge on any atom is -0.387 e. The van der Waals surface area contributed by atoms with Crippen LogP contribution in [0.5, 0.6) is 0 Å². The molecule has 18 heavy (non-hydrogen) atoms. The van der Waals surface area contributed by atoms with Crippen molar-refractivity contribution in [3.63, 3.8) is 0 Å². The van der Waals surface area contributed by atoms with Crippen LogP contribution in [0, 0.1) is 17.8 Å². The van der Waals surface area contributed by atoms with Crippen molar-refractivity contribution in [3.8, 4) is 0 Å². The molecule has 104 valence electrons. The second-order valence-electron chi connectivity index (χ2n) is 7.24. The van der Waals surface area contributed by atoms with Crippen LogP contribution in [-0.4, -0.2) is 22.9 Å². The van der Waals surface area contributed by atoms with E-state index >= 15 is 0 Å². The van der Waals surface area contributed by atoms with Gasteiger partial charge in [0.1, 0.15) is 0 Å². The van der Waals surface area contributed by atoms with Gasteiger partial charge in [0.05, 0.1) is 11.2 Å². The molecule has 4 saturated carbocycles. The van der Waals surface area contributed by atoms with Gasteiger partial charge in [-0.05, 0) is 63.2 Å². The van der Waals surface area contributed by atoms with E-state index in [4.69, 9.17) is 4.74 Å². The fourth-order valence-corrected chi connectivity index (χ4v) is 5.04. The SMILES string of the molecule is CCCCCOC12CC3CC(CC(C3)C1(C)O)C2. The van der Waals surface area contributed by atoms with Crippen LogP contribution < -0.4 is 0 Å². The molecule has 2 nitrogen and oxygen atoms in total. The Balaban J connectivity index is 1.72. The maximum Gasteiger partial charge on any atom is 0.0973 e. The van der Waals surface area contributed by atoms with Crippen LogP contribution in [0.2, 0.25) is 0 Å². The lowest BCUT2D eigenvalue weighted by atomic mass is 9.48. The highest BCUT2D eigenvalue weighted by atomic mass is 16.5. The van der Waals surface area contributed by atoms with Crippen molar-refractivity contribution in [2.24, 2.45) is 17.8 Å². The predicted octanol–water partition coefficient (Wildman–Crippen LogP) is 3.52. The molecular formula is C16H28O2. The van der Waals surface area contributed by atoms with Crippen LogP contribution in [0.15, 0.2) is 0 Å². The van der Waals surface area contributed by atoms with Gasteiger partial charge in [0.15, 0.2) is 0 Å². The normalized spacial score (nSPS) is 49.8. The Morgan fingerprint density at radius 3 is 2.39 bits per heavy atom. The van der Waals surface area contributed by atoms with Crippen molar-refractivity contribution in [1.29, 1.82) is 0 Å². The summed E-state index contributed by atoms with van der Waals surface area (Å²) in [7, 11) is 0. The fourth-order valence-electron chi connectivity index (χ4n) is 5.04. The molecule has 0 aromatic carbocycles. The Bertz CT molecular complexity index is 296. The molecule has 0 aromatic rings. The highest BCUT2D eigenvalue weighted by Gasteiger charge is 2.63. The first-order valence-corrected chi connectivity index (χ1v) is 7.94. The van der Waals surface area contributed by atoms with E-state index in [1.54, 1.807) is 0 Å². The van der Waals surface area contributed by atoms with Gasteiger partial charge in [0.25, 0.3) is 0 Å². The van der Waals surface area contributed by atoms with Crippen molar-refractivity contribution in [1.82, 2.24) is 0 Å². The molecule has 4 fully saturated rings. The Morgan fingerprint density at radius 2 is 1.78 bits per heavy atom. The molecular weight excluding hydrogens is 224 g/mol. The summed E-state index contributed by atoms with van der Waals surface area (Å²) < 4.78 is 6.31. The molecule has 3 atom stereocenters. The third-order valence-corrected chi connectivity index (χ3v) is 5.98. The molecule has 1 N–H and O–H groups in total. The maximum atomic E-state index is 11.0. The molecule has 0 aromatic heterocycles. The topological polar surface area (TPSA) is 29.5 Å². The molecule has 0 radical (unpaired) electrons. The molecule has 4 bridgehead atoms. The number of aliphatic hydroxyl groups is 1. The molecule has 4 aliphatic rings. The van der Waals surface area contributed by atoms with Crippen molar-refractivity contribution < 1.29 is 9.84 Å². The number of hydrogen-bond acceptors (Lipinski definition) is 2. The second-order valence-corrected chi connectivity index (χ2v) is 7.24. The predicted molar refractivity (Wildman–Crippen MR) is 72.4 cm³/mol. The summed E-state index contributed by atoms with van der Waals surface area (Å²) in [4.78, 5) is 0. The molecule has 0 amide bonds. The summed E-state index contributed by atoms with van der Waals surface area (Å²) in [5.74, 6) is 2.15. The first-order chi connectivity index (χ1) is 8.57. The Kier molecular flexibility index (Phi) is 3.22. The van der Waals surface area contributed by atoms with Crippen molar-refractivity contribution in [3.05, 3.63) is 0 Å². The smallest absolute Gasteiger partial charge is 0.0973 e. The van der Waals surface area contributed by atoms with Crippen molar-refractivity contribution in [2.75, 3.05) is 6.61 Å². The quantitative estimate of drug-likeness (QED) is 0.759. The van der Waals surface area contributed by atoms with E-state index in [2.05, 4.69) is 13.8 Å². The van der Waals surface area contributed by atoms with Gasteiger partial charge in [-0.15, -0.1) is 0 Å². The Morgan fingerprint density at radius 1 is 1.11 bits per heavy atom. The van der Waals surface area contributed by atoms with Crippen LogP contribution in [0.3, 0.4) is 0 Å². The number of rotatable bonds is 5. The summed E-state index contributed by atoms with van der Waals surface area (Å²) in [6.07, 6.45) is 9.72. The third kappa shape index (κ3) is 1.84. The number of unbranched alkanes of at least 4 members (excludes halogenated alkanes) is 2. The molecule has 0 heterocycles. The lowest BCUT2D eigenvalue weighted by Gasteiger charge is -2.63. The largest absolute Gasteiger partial charge is 0.387 e. The monoisotopic (exact) mass is 252 g/mol. The Labute approximate surface area is 111 Å².